The summed E-state index contributed by atoms with van der Waals surface area (Å²) in [6, 6.07) is 6.27. The van der Waals surface area contributed by atoms with E-state index in [4.69, 9.17) is 0 Å². The van der Waals surface area contributed by atoms with Crippen molar-refractivity contribution in [1.82, 2.24) is 0 Å². The van der Waals surface area contributed by atoms with Crippen molar-refractivity contribution in [3.63, 3.8) is 0 Å². The van der Waals surface area contributed by atoms with Crippen molar-refractivity contribution in [1.29, 1.82) is 0 Å². The zero-order chi connectivity index (χ0) is 12.3. The van der Waals surface area contributed by atoms with Crippen molar-refractivity contribution < 1.29 is 4.79 Å². The maximum absolute atomic E-state index is 11.1. The van der Waals surface area contributed by atoms with Gasteiger partial charge in [-0.2, -0.15) is 0 Å². The summed E-state index contributed by atoms with van der Waals surface area (Å²) in [7, 11) is 0. The molecule has 2 rings (SSSR count). The van der Waals surface area contributed by atoms with Gasteiger partial charge < -0.3 is 0 Å². The number of hydrogen-bond acceptors (Lipinski definition) is 1. The molecule has 0 heterocycles. The Kier molecular flexibility index (Phi) is 3.78. The van der Waals surface area contributed by atoms with Gasteiger partial charge in [0.05, 0.1) is 0 Å². The Labute approximate surface area is 104 Å². The van der Waals surface area contributed by atoms with Gasteiger partial charge >= 0.3 is 0 Å². The molecule has 1 aromatic carbocycles. The smallest absolute Gasteiger partial charge is 0.150 e. The minimum atomic E-state index is 0.822. The first-order valence-electron chi connectivity index (χ1n) is 6.46. The Morgan fingerprint density at radius 1 is 1.41 bits per heavy atom. The highest BCUT2D eigenvalue weighted by Gasteiger charge is 2.20. The number of hydrogen-bond donors (Lipinski definition) is 0. The minimum Gasteiger partial charge on any atom is -0.298 e. The van der Waals surface area contributed by atoms with Crippen LogP contribution in [0.4, 0.5) is 0 Å². The molecule has 1 aliphatic carbocycles. The molecule has 1 heteroatoms. The molecule has 17 heavy (non-hydrogen) atoms. The van der Waals surface area contributed by atoms with Crippen molar-refractivity contribution in [2.24, 2.45) is 5.92 Å². The lowest BCUT2D eigenvalue weighted by molar-refractivity contribution is -0.103. The number of benzene rings is 1. The van der Waals surface area contributed by atoms with Gasteiger partial charge in [0.15, 0.2) is 0 Å². The molecule has 90 valence electrons. The average Bonchev–Trinajstić information content (AvgIpc) is 2.27. The molecule has 0 spiro atoms. The van der Waals surface area contributed by atoms with Gasteiger partial charge in [0.2, 0.25) is 0 Å². The van der Waals surface area contributed by atoms with Crippen LogP contribution >= 0.6 is 0 Å². The molecule has 1 nitrogen and oxygen atoms in total. The van der Waals surface area contributed by atoms with E-state index in [1.165, 1.54) is 30.4 Å². The van der Waals surface area contributed by atoms with Crippen LogP contribution in [0.2, 0.25) is 0 Å². The molecule has 0 aliphatic heterocycles. The summed E-state index contributed by atoms with van der Waals surface area (Å²) in [4.78, 5) is 11.1. The summed E-state index contributed by atoms with van der Waals surface area (Å²) in [5.74, 6) is 0.833. The molecule has 1 saturated carbocycles. The van der Waals surface area contributed by atoms with Crippen LogP contribution in [0.3, 0.4) is 0 Å². The van der Waals surface area contributed by atoms with Crippen LogP contribution in [-0.2, 0) is 11.2 Å². The summed E-state index contributed by atoms with van der Waals surface area (Å²) in [5.41, 5.74) is 4.64. The number of carbonyl (C=O) groups is 1. The maximum Gasteiger partial charge on any atom is 0.150 e. The standard InChI is InChI=1S/C16H20O/c1-3-14(11-17)15-9-4-6-12(2)16(15)10-13-7-5-8-13/h3-4,6,9,11,13H,5,7-8,10H2,1-2H3/b14-3+. The summed E-state index contributed by atoms with van der Waals surface area (Å²) in [6.45, 7) is 4.08. The van der Waals surface area contributed by atoms with E-state index in [2.05, 4.69) is 19.1 Å². The monoisotopic (exact) mass is 228 g/mol. The third kappa shape index (κ3) is 2.49. The first kappa shape index (κ1) is 12.1. The fourth-order valence-electron chi connectivity index (χ4n) is 2.52. The molecule has 1 aromatic rings. The Balaban J connectivity index is 2.36. The van der Waals surface area contributed by atoms with Crippen LogP contribution in [0.5, 0.6) is 0 Å². The number of aldehydes is 1. The maximum atomic E-state index is 11.1. The normalized spacial score (nSPS) is 16.7. The lowest BCUT2D eigenvalue weighted by Crippen LogP contribution is -2.15. The number of carbonyl (C=O) groups excluding carboxylic acids is 1. The van der Waals surface area contributed by atoms with Crippen molar-refractivity contribution in [3.05, 3.63) is 41.0 Å². The van der Waals surface area contributed by atoms with E-state index >= 15 is 0 Å². The van der Waals surface area contributed by atoms with E-state index < -0.39 is 0 Å². The summed E-state index contributed by atoms with van der Waals surface area (Å²) < 4.78 is 0. The van der Waals surface area contributed by atoms with Crippen molar-refractivity contribution in [2.45, 2.75) is 39.5 Å². The molecule has 1 aliphatic rings. The predicted octanol–water partition coefficient (Wildman–Crippen LogP) is 3.94. The molecule has 0 amide bonds. The second-order valence-electron chi connectivity index (χ2n) is 4.96. The van der Waals surface area contributed by atoms with Crippen molar-refractivity contribution in [3.8, 4) is 0 Å². The van der Waals surface area contributed by atoms with Gasteiger partial charge in [0, 0.05) is 5.57 Å². The van der Waals surface area contributed by atoms with Gasteiger partial charge in [0.1, 0.15) is 6.29 Å². The Hall–Kier alpha value is -1.37. The Morgan fingerprint density at radius 3 is 2.71 bits per heavy atom. The van der Waals surface area contributed by atoms with Gasteiger partial charge in [-0.15, -0.1) is 0 Å². The number of allylic oxidation sites excluding steroid dienone is 2. The van der Waals surface area contributed by atoms with Crippen LogP contribution in [-0.4, -0.2) is 6.29 Å². The summed E-state index contributed by atoms with van der Waals surface area (Å²) in [6.07, 6.45) is 8.08. The van der Waals surface area contributed by atoms with Crippen LogP contribution < -0.4 is 0 Å². The molecular formula is C16H20O. The summed E-state index contributed by atoms with van der Waals surface area (Å²) >= 11 is 0. The summed E-state index contributed by atoms with van der Waals surface area (Å²) in [5, 5.41) is 0. The van der Waals surface area contributed by atoms with E-state index in [9.17, 15) is 4.79 Å². The third-order valence-electron chi connectivity index (χ3n) is 3.88. The second-order valence-corrected chi connectivity index (χ2v) is 4.96. The van der Waals surface area contributed by atoms with E-state index in [0.29, 0.717) is 0 Å². The first-order chi connectivity index (χ1) is 8.26. The second kappa shape index (κ2) is 5.31. The zero-order valence-corrected chi connectivity index (χ0v) is 10.7. The lowest BCUT2D eigenvalue weighted by atomic mass is 9.78. The highest BCUT2D eigenvalue weighted by molar-refractivity contribution is 6.07. The fourth-order valence-corrected chi connectivity index (χ4v) is 2.52. The van der Waals surface area contributed by atoms with Gasteiger partial charge in [-0.3, -0.25) is 4.79 Å². The topological polar surface area (TPSA) is 17.1 Å². The van der Waals surface area contributed by atoms with Crippen LogP contribution in [0.25, 0.3) is 5.57 Å². The fraction of sp³-hybridized carbons (Fsp3) is 0.438. The molecule has 1 fully saturated rings. The largest absolute Gasteiger partial charge is 0.298 e. The minimum absolute atomic E-state index is 0.822. The van der Waals surface area contributed by atoms with Crippen LogP contribution in [0.15, 0.2) is 24.3 Å². The molecule has 0 bridgehead atoms. The van der Waals surface area contributed by atoms with E-state index in [1.54, 1.807) is 0 Å². The van der Waals surface area contributed by atoms with Crippen molar-refractivity contribution in [2.75, 3.05) is 0 Å². The molecular weight excluding hydrogens is 208 g/mol. The SMILES string of the molecule is C/C=C(\C=O)c1cccc(C)c1CC1CCC1. The third-order valence-corrected chi connectivity index (χ3v) is 3.88. The van der Waals surface area contributed by atoms with Gasteiger partial charge in [0.25, 0.3) is 0 Å². The highest BCUT2D eigenvalue weighted by Crippen LogP contribution is 2.33. The van der Waals surface area contributed by atoms with Crippen molar-refractivity contribution >= 4 is 11.9 Å². The number of aryl methyl sites for hydroxylation is 1. The number of rotatable bonds is 4. The average molecular weight is 228 g/mol. The Morgan fingerprint density at radius 2 is 2.18 bits per heavy atom. The van der Waals surface area contributed by atoms with E-state index in [1.807, 2.05) is 19.1 Å². The zero-order valence-electron chi connectivity index (χ0n) is 10.7. The van der Waals surface area contributed by atoms with E-state index in [-0.39, 0.29) is 0 Å². The molecule has 0 radical (unpaired) electrons. The van der Waals surface area contributed by atoms with E-state index in [0.717, 1.165) is 29.8 Å². The van der Waals surface area contributed by atoms with Crippen LogP contribution in [0.1, 0.15) is 42.9 Å². The predicted molar refractivity (Wildman–Crippen MR) is 71.9 cm³/mol. The molecule has 0 atom stereocenters. The molecule has 0 N–H and O–H groups in total. The lowest BCUT2D eigenvalue weighted by Gasteiger charge is -2.27. The molecule has 0 aromatic heterocycles. The molecule has 0 saturated heterocycles. The van der Waals surface area contributed by atoms with Gasteiger partial charge in [-0.05, 0) is 42.9 Å². The van der Waals surface area contributed by atoms with Crippen LogP contribution in [0, 0.1) is 12.8 Å². The Bertz CT molecular complexity index is 439. The first-order valence-corrected chi connectivity index (χ1v) is 6.46. The highest BCUT2D eigenvalue weighted by atomic mass is 16.1. The molecule has 0 unspecified atom stereocenters. The van der Waals surface area contributed by atoms with Gasteiger partial charge in [-0.25, -0.2) is 0 Å². The van der Waals surface area contributed by atoms with Gasteiger partial charge in [-0.1, -0.05) is 43.5 Å². The quantitative estimate of drug-likeness (QED) is 0.563.